The molecule has 0 heterocycles. The molecule has 0 amide bonds. The highest BCUT2D eigenvalue weighted by molar-refractivity contribution is 9.09. The topological polar surface area (TPSA) is 0 Å². The van der Waals surface area contributed by atoms with E-state index in [0.29, 0.717) is 16.7 Å². The van der Waals surface area contributed by atoms with Gasteiger partial charge in [-0.2, -0.15) is 0 Å². The summed E-state index contributed by atoms with van der Waals surface area (Å²) in [6, 6.07) is 0. The van der Waals surface area contributed by atoms with Crippen molar-refractivity contribution in [3.63, 3.8) is 0 Å². The van der Waals surface area contributed by atoms with Gasteiger partial charge in [0.05, 0.1) is 0 Å². The van der Waals surface area contributed by atoms with Crippen LogP contribution in [-0.4, -0.2) is 11.5 Å². The molecule has 0 nitrogen and oxygen atoms in total. The lowest BCUT2D eigenvalue weighted by Crippen LogP contribution is -2.27. The Morgan fingerprint density at radius 1 is 1.42 bits per heavy atom. The molecule has 1 aliphatic carbocycles. The van der Waals surface area contributed by atoms with Crippen LogP contribution in [0.5, 0.6) is 0 Å². The average molecular weight is 237 g/mol. The number of alkyl halides is 2. The molecule has 1 unspecified atom stereocenters. The second-order valence-corrected chi connectivity index (χ2v) is 5.32. The van der Waals surface area contributed by atoms with Crippen molar-refractivity contribution in [1.29, 1.82) is 0 Å². The van der Waals surface area contributed by atoms with Crippen LogP contribution in [0, 0.1) is 11.3 Å². The largest absolute Gasteiger partial charge is 0.246 e. The molecule has 0 bridgehead atoms. The lowest BCUT2D eigenvalue weighted by molar-refractivity contribution is 0.132. The molecule has 72 valence electrons. The van der Waals surface area contributed by atoms with E-state index in [1.165, 1.54) is 12.8 Å². The minimum absolute atomic E-state index is 0.317. The molecule has 1 fully saturated rings. The molecule has 0 radical (unpaired) electrons. The van der Waals surface area contributed by atoms with E-state index < -0.39 is 6.17 Å². The molecule has 0 saturated heterocycles. The van der Waals surface area contributed by atoms with E-state index >= 15 is 0 Å². The van der Waals surface area contributed by atoms with Crippen LogP contribution in [0.3, 0.4) is 0 Å². The van der Waals surface area contributed by atoms with E-state index in [0.717, 1.165) is 12.8 Å². The van der Waals surface area contributed by atoms with Gasteiger partial charge in [-0.1, -0.05) is 29.8 Å². The molecule has 1 rings (SSSR count). The fourth-order valence-electron chi connectivity index (χ4n) is 1.91. The van der Waals surface area contributed by atoms with Crippen LogP contribution in [0.4, 0.5) is 4.39 Å². The summed E-state index contributed by atoms with van der Waals surface area (Å²) in [4.78, 5) is 0. The summed E-state index contributed by atoms with van der Waals surface area (Å²) in [5, 5.41) is 0.512. The van der Waals surface area contributed by atoms with Gasteiger partial charge in [0.2, 0.25) is 0 Å². The molecule has 1 aliphatic rings. The first-order valence-electron chi connectivity index (χ1n) is 4.75. The van der Waals surface area contributed by atoms with Gasteiger partial charge in [0.1, 0.15) is 6.17 Å². The zero-order valence-electron chi connectivity index (χ0n) is 7.95. The Labute approximate surface area is 83.1 Å². The second kappa shape index (κ2) is 4.08. The number of hydrogen-bond donors (Lipinski definition) is 0. The van der Waals surface area contributed by atoms with Gasteiger partial charge in [0, 0.05) is 5.33 Å². The third-order valence-electron chi connectivity index (χ3n) is 3.04. The van der Waals surface area contributed by atoms with Gasteiger partial charge in [-0.25, -0.2) is 4.39 Å². The maximum atomic E-state index is 13.2. The highest BCUT2D eigenvalue weighted by Crippen LogP contribution is 2.39. The molecule has 0 aliphatic heterocycles. The van der Waals surface area contributed by atoms with Crippen molar-refractivity contribution < 1.29 is 4.39 Å². The molecular formula is C10H18BrF. The van der Waals surface area contributed by atoms with Crippen molar-refractivity contribution in [2.45, 2.75) is 45.7 Å². The SMILES string of the molecule is CC1(C)CCC(C(F)CBr)CC1. The molecule has 0 spiro atoms. The van der Waals surface area contributed by atoms with Crippen LogP contribution in [-0.2, 0) is 0 Å². The normalized spacial score (nSPS) is 27.0. The summed E-state index contributed by atoms with van der Waals surface area (Å²) in [6.45, 7) is 4.56. The molecule has 0 N–H and O–H groups in total. The molecule has 1 saturated carbocycles. The van der Waals surface area contributed by atoms with Gasteiger partial charge in [0.25, 0.3) is 0 Å². The quantitative estimate of drug-likeness (QED) is 0.638. The zero-order chi connectivity index (χ0) is 9.19. The first-order valence-corrected chi connectivity index (χ1v) is 5.87. The second-order valence-electron chi connectivity index (χ2n) is 4.67. The Bertz CT molecular complexity index is 135. The third kappa shape index (κ3) is 2.72. The summed E-state index contributed by atoms with van der Waals surface area (Å²) in [6.07, 6.45) is 3.89. The summed E-state index contributed by atoms with van der Waals surface area (Å²) >= 11 is 3.20. The first kappa shape index (κ1) is 10.5. The fraction of sp³-hybridized carbons (Fsp3) is 1.00. The zero-order valence-corrected chi connectivity index (χ0v) is 9.53. The minimum atomic E-state index is -0.624. The van der Waals surface area contributed by atoms with Crippen molar-refractivity contribution in [1.82, 2.24) is 0 Å². The van der Waals surface area contributed by atoms with Crippen LogP contribution in [0.1, 0.15) is 39.5 Å². The van der Waals surface area contributed by atoms with Crippen LogP contribution in [0.15, 0.2) is 0 Å². The van der Waals surface area contributed by atoms with Crippen LogP contribution in [0.25, 0.3) is 0 Å². The highest BCUT2D eigenvalue weighted by atomic mass is 79.9. The first-order chi connectivity index (χ1) is 5.55. The lowest BCUT2D eigenvalue weighted by Gasteiger charge is -2.35. The molecule has 12 heavy (non-hydrogen) atoms. The van der Waals surface area contributed by atoms with Gasteiger partial charge in [-0.15, -0.1) is 0 Å². The Morgan fingerprint density at radius 3 is 2.33 bits per heavy atom. The van der Waals surface area contributed by atoms with Crippen LogP contribution < -0.4 is 0 Å². The van der Waals surface area contributed by atoms with Crippen molar-refractivity contribution in [2.24, 2.45) is 11.3 Å². The van der Waals surface area contributed by atoms with Gasteiger partial charge in [0.15, 0.2) is 0 Å². The average Bonchev–Trinajstić information content (AvgIpc) is 2.03. The molecular weight excluding hydrogens is 219 g/mol. The van der Waals surface area contributed by atoms with Crippen LogP contribution in [0.2, 0.25) is 0 Å². The molecule has 0 aromatic rings. The van der Waals surface area contributed by atoms with E-state index in [4.69, 9.17) is 0 Å². The van der Waals surface area contributed by atoms with Crippen molar-refractivity contribution in [3.8, 4) is 0 Å². The Kier molecular flexibility index (Phi) is 3.57. The Hall–Kier alpha value is 0.410. The maximum absolute atomic E-state index is 13.2. The standard InChI is InChI=1S/C10H18BrF/c1-10(2)5-3-8(4-6-10)9(12)7-11/h8-9H,3-7H2,1-2H3. The monoisotopic (exact) mass is 236 g/mol. The van der Waals surface area contributed by atoms with Crippen molar-refractivity contribution in [3.05, 3.63) is 0 Å². The molecule has 0 aromatic heterocycles. The maximum Gasteiger partial charge on any atom is 0.113 e. The molecule has 2 heteroatoms. The van der Waals surface area contributed by atoms with Gasteiger partial charge < -0.3 is 0 Å². The summed E-state index contributed by atoms with van der Waals surface area (Å²) in [5.74, 6) is 0.317. The van der Waals surface area contributed by atoms with Crippen LogP contribution >= 0.6 is 15.9 Å². The van der Waals surface area contributed by atoms with Crippen molar-refractivity contribution >= 4 is 15.9 Å². The van der Waals surface area contributed by atoms with Gasteiger partial charge in [-0.05, 0) is 37.0 Å². The number of rotatable bonds is 2. The Balaban J connectivity index is 2.36. The van der Waals surface area contributed by atoms with E-state index in [1.807, 2.05) is 0 Å². The minimum Gasteiger partial charge on any atom is -0.246 e. The predicted octanol–water partition coefficient (Wildman–Crippen LogP) is 3.94. The number of hydrogen-bond acceptors (Lipinski definition) is 0. The van der Waals surface area contributed by atoms with E-state index in [-0.39, 0.29) is 0 Å². The Morgan fingerprint density at radius 2 is 1.92 bits per heavy atom. The summed E-state index contributed by atoms with van der Waals surface area (Å²) < 4.78 is 13.2. The lowest BCUT2D eigenvalue weighted by atomic mass is 9.72. The molecule has 0 aromatic carbocycles. The summed E-state index contributed by atoms with van der Waals surface area (Å²) in [7, 11) is 0. The van der Waals surface area contributed by atoms with E-state index in [2.05, 4.69) is 29.8 Å². The van der Waals surface area contributed by atoms with E-state index in [9.17, 15) is 4.39 Å². The smallest absolute Gasteiger partial charge is 0.113 e. The van der Waals surface area contributed by atoms with Gasteiger partial charge in [-0.3, -0.25) is 0 Å². The summed E-state index contributed by atoms with van der Waals surface area (Å²) in [5.41, 5.74) is 0.461. The third-order valence-corrected chi connectivity index (χ3v) is 3.66. The van der Waals surface area contributed by atoms with E-state index in [1.54, 1.807) is 0 Å². The molecule has 1 atom stereocenters. The van der Waals surface area contributed by atoms with Gasteiger partial charge >= 0.3 is 0 Å². The predicted molar refractivity (Wildman–Crippen MR) is 54.4 cm³/mol. The fourth-order valence-corrected chi connectivity index (χ4v) is 2.44. The highest BCUT2D eigenvalue weighted by Gasteiger charge is 2.30. The van der Waals surface area contributed by atoms with Crippen molar-refractivity contribution in [2.75, 3.05) is 5.33 Å². The number of halogens is 2.